The largest absolute Gasteiger partial charge is 0.449 e. The van der Waals surface area contributed by atoms with Gasteiger partial charge in [-0.2, -0.15) is 0 Å². The van der Waals surface area contributed by atoms with Gasteiger partial charge in [-0.05, 0) is 12.8 Å². The summed E-state index contributed by atoms with van der Waals surface area (Å²) in [6, 6.07) is 0.0794. The van der Waals surface area contributed by atoms with Crippen molar-refractivity contribution in [2.75, 3.05) is 26.9 Å². The summed E-state index contributed by atoms with van der Waals surface area (Å²) in [4.78, 5) is 45.1. The number of carbonyl (C=O) groups excluding carboxylic acids is 3. The number of carbonyl (C=O) groups is 3. The third kappa shape index (κ3) is 2.77. The highest BCUT2D eigenvalue weighted by Crippen LogP contribution is 2.55. The van der Waals surface area contributed by atoms with E-state index in [-0.39, 0.29) is 47.5 Å². The molecule has 3 aliphatic heterocycles. The van der Waals surface area contributed by atoms with Crippen LogP contribution in [0, 0.1) is 17.8 Å². The molecule has 4 aliphatic rings. The van der Waals surface area contributed by atoms with Crippen molar-refractivity contribution in [3.05, 3.63) is 11.3 Å². The number of hydrogen-bond acceptors (Lipinski definition) is 9. The molecule has 0 aromatic rings. The van der Waals surface area contributed by atoms with Gasteiger partial charge in [0, 0.05) is 25.3 Å². The highest BCUT2D eigenvalue weighted by Gasteiger charge is 2.73. The minimum atomic E-state index is -0.982. The summed E-state index contributed by atoms with van der Waals surface area (Å²) in [6.45, 7) is 6.27. The molecule has 0 aromatic heterocycles. The Morgan fingerprint density at radius 1 is 1.41 bits per heavy atom. The number of methoxy groups -OCH3 is 1. The topological polar surface area (TPSA) is 142 Å². The Bertz CT molecular complexity index is 837. The van der Waals surface area contributed by atoms with E-state index in [0.29, 0.717) is 18.8 Å². The summed E-state index contributed by atoms with van der Waals surface area (Å²) in [5.41, 5.74) is 4.84. The van der Waals surface area contributed by atoms with E-state index < -0.39 is 23.7 Å². The first kappa shape index (κ1) is 19.8. The number of fused-ring (bicyclic) bond motifs is 4. The summed E-state index contributed by atoms with van der Waals surface area (Å²) >= 11 is 0. The minimum absolute atomic E-state index is 0.0613. The molecule has 0 saturated carbocycles. The number of nitrogens with one attached hydrogen (secondary N) is 1. The fourth-order valence-electron chi connectivity index (χ4n) is 4.76. The van der Waals surface area contributed by atoms with E-state index in [0.717, 1.165) is 0 Å². The van der Waals surface area contributed by atoms with Crippen LogP contribution in [-0.4, -0.2) is 72.9 Å². The summed E-state index contributed by atoms with van der Waals surface area (Å²) in [5.74, 6) is -1.77. The van der Waals surface area contributed by atoms with Crippen LogP contribution in [-0.2, 0) is 23.9 Å². The smallest absolute Gasteiger partial charge is 0.404 e. The molecule has 3 N–H and O–H groups in total. The Labute approximate surface area is 168 Å². The van der Waals surface area contributed by atoms with Crippen LogP contribution in [0.25, 0.3) is 0 Å². The Kier molecular flexibility index (Phi) is 4.66. The molecule has 3 heterocycles. The Balaban J connectivity index is 1.76. The van der Waals surface area contributed by atoms with Gasteiger partial charge in [-0.15, -0.1) is 0 Å². The number of primary amides is 1. The molecule has 1 unspecified atom stereocenters. The molecule has 10 nitrogen and oxygen atoms in total. The van der Waals surface area contributed by atoms with Crippen LogP contribution in [0.5, 0.6) is 0 Å². The maximum absolute atomic E-state index is 13.4. The molecule has 0 spiro atoms. The zero-order valence-electron chi connectivity index (χ0n) is 16.9. The van der Waals surface area contributed by atoms with Crippen molar-refractivity contribution in [3.63, 3.8) is 0 Å². The van der Waals surface area contributed by atoms with Crippen molar-refractivity contribution in [2.24, 2.45) is 28.6 Å². The molecular weight excluding hydrogens is 380 g/mol. The van der Waals surface area contributed by atoms with Crippen molar-refractivity contribution >= 4 is 23.4 Å². The molecule has 4 rings (SSSR count). The molecule has 158 valence electrons. The lowest BCUT2D eigenvalue weighted by atomic mass is 9.79. The van der Waals surface area contributed by atoms with E-state index in [2.05, 4.69) is 10.5 Å². The van der Waals surface area contributed by atoms with Crippen LogP contribution in [0.3, 0.4) is 0 Å². The van der Waals surface area contributed by atoms with Crippen molar-refractivity contribution in [3.8, 4) is 0 Å². The number of nitrogens with two attached hydrogens (primary N) is 1. The third-order valence-corrected chi connectivity index (χ3v) is 6.11. The quantitative estimate of drug-likeness (QED) is 0.455. The number of amides is 1. The second-order valence-corrected chi connectivity index (χ2v) is 8.34. The van der Waals surface area contributed by atoms with E-state index in [4.69, 9.17) is 20.0 Å². The molecule has 1 amide bonds. The van der Waals surface area contributed by atoms with Gasteiger partial charge in [0.2, 0.25) is 5.78 Å². The summed E-state index contributed by atoms with van der Waals surface area (Å²) < 4.78 is 11.0. The number of rotatable bonds is 6. The van der Waals surface area contributed by atoms with Crippen molar-refractivity contribution in [1.82, 2.24) is 10.2 Å². The second-order valence-electron chi connectivity index (χ2n) is 8.34. The Hall–Kier alpha value is -2.46. The second kappa shape index (κ2) is 6.81. The van der Waals surface area contributed by atoms with Gasteiger partial charge < -0.3 is 30.3 Å². The summed E-state index contributed by atoms with van der Waals surface area (Å²) in [6.07, 6.45) is -0.952. The SMILES string of the molecule is CO[C@@]12[C@H](COC(N)=O)C3=C(C(=O)C(C)/C(=N\OCC(C)C)C3=O)N1C[C@@H]1N[C@@H]12. The van der Waals surface area contributed by atoms with Gasteiger partial charge in [-0.3, -0.25) is 9.59 Å². The van der Waals surface area contributed by atoms with Gasteiger partial charge in [-0.25, -0.2) is 4.79 Å². The summed E-state index contributed by atoms with van der Waals surface area (Å²) in [5, 5.41) is 7.32. The van der Waals surface area contributed by atoms with Crippen LogP contribution < -0.4 is 11.1 Å². The standard InChI is InChI=1S/C19H26N4O6/c1-8(2)6-29-22-13-9(3)15(24)14-12(16(13)25)10(7-28-18(20)26)19(27-4)17-11(21-17)5-23(14)19/h8-11,17,21H,5-7H2,1-4H3,(H2,20,26)/b22-13+/t9?,10-,11+,17+,19-/m1/s1. The van der Waals surface area contributed by atoms with Crippen LogP contribution in [0.4, 0.5) is 4.79 Å². The maximum Gasteiger partial charge on any atom is 0.404 e. The first-order valence-electron chi connectivity index (χ1n) is 9.78. The fourth-order valence-corrected chi connectivity index (χ4v) is 4.76. The highest BCUT2D eigenvalue weighted by molar-refractivity contribution is 6.53. The first-order valence-corrected chi connectivity index (χ1v) is 9.78. The van der Waals surface area contributed by atoms with Gasteiger partial charge in [0.25, 0.3) is 0 Å². The zero-order valence-corrected chi connectivity index (χ0v) is 16.9. The van der Waals surface area contributed by atoms with E-state index in [9.17, 15) is 14.4 Å². The number of allylic oxidation sites excluding steroid dienone is 1. The lowest BCUT2D eigenvalue weighted by Crippen LogP contribution is -2.55. The monoisotopic (exact) mass is 406 g/mol. The molecule has 2 saturated heterocycles. The molecule has 2 fully saturated rings. The molecule has 1 aliphatic carbocycles. The number of oxime groups is 1. The molecule has 0 bridgehead atoms. The van der Waals surface area contributed by atoms with E-state index in [1.165, 1.54) is 7.11 Å². The van der Waals surface area contributed by atoms with Crippen molar-refractivity contribution in [2.45, 2.75) is 38.6 Å². The molecule has 0 aromatic carbocycles. The molecule has 5 atom stereocenters. The van der Waals surface area contributed by atoms with E-state index in [1.807, 2.05) is 18.7 Å². The van der Waals surface area contributed by atoms with Gasteiger partial charge in [0.1, 0.15) is 18.9 Å². The predicted octanol–water partition coefficient (Wildman–Crippen LogP) is -0.219. The van der Waals surface area contributed by atoms with Gasteiger partial charge in [-0.1, -0.05) is 19.0 Å². The summed E-state index contributed by atoms with van der Waals surface area (Å²) in [7, 11) is 1.53. The molecule has 0 radical (unpaired) electrons. The van der Waals surface area contributed by atoms with Crippen molar-refractivity contribution < 1.29 is 28.7 Å². The number of piperazine rings is 1. The van der Waals surface area contributed by atoms with E-state index in [1.54, 1.807) is 6.92 Å². The molecular formula is C19H26N4O6. The lowest BCUT2D eigenvalue weighted by molar-refractivity contribution is -0.138. The van der Waals surface area contributed by atoms with Gasteiger partial charge >= 0.3 is 6.09 Å². The Morgan fingerprint density at radius 3 is 2.76 bits per heavy atom. The minimum Gasteiger partial charge on any atom is -0.449 e. The van der Waals surface area contributed by atoms with Crippen LogP contribution in [0.2, 0.25) is 0 Å². The number of nitrogens with zero attached hydrogens (tertiary/aromatic N) is 2. The van der Waals surface area contributed by atoms with E-state index >= 15 is 0 Å². The highest BCUT2D eigenvalue weighted by atomic mass is 16.6. The number of hydrogen-bond donors (Lipinski definition) is 2. The Morgan fingerprint density at radius 2 is 2.14 bits per heavy atom. The molecule has 10 heteroatoms. The maximum atomic E-state index is 13.4. The average Bonchev–Trinajstić information content (AvgIpc) is 3.27. The fraction of sp³-hybridized carbons (Fsp3) is 0.684. The number of ether oxygens (including phenoxy) is 2. The number of Topliss-reactive ketones (excluding diaryl/α,β-unsaturated/α-hetero) is 2. The average molecular weight is 406 g/mol. The van der Waals surface area contributed by atoms with Crippen LogP contribution >= 0.6 is 0 Å². The van der Waals surface area contributed by atoms with Crippen LogP contribution in [0.15, 0.2) is 16.4 Å². The lowest BCUT2D eigenvalue weighted by Gasteiger charge is -2.39. The first-order chi connectivity index (χ1) is 13.7. The number of ketones is 2. The molecule has 29 heavy (non-hydrogen) atoms. The third-order valence-electron chi connectivity index (χ3n) is 6.11. The van der Waals surface area contributed by atoms with Gasteiger partial charge in [0.05, 0.1) is 23.6 Å². The zero-order chi connectivity index (χ0) is 21.1. The van der Waals surface area contributed by atoms with Crippen LogP contribution in [0.1, 0.15) is 20.8 Å². The predicted molar refractivity (Wildman–Crippen MR) is 101 cm³/mol. The van der Waals surface area contributed by atoms with Gasteiger partial charge in [0.15, 0.2) is 11.5 Å². The normalized spacial score (nSPS) is 36.4. The van der Waals surface area contributed by atoms with Crippen molar-refractivity contribution in [1.29, 1.82) is 0 Å².